The molecule has 0 radical (unpaired) electrons. The summed E-state index contributed by atoms with van der Waals surface area (Å²) in [5.74, 6) is -0.266. The van der Waals surface area contributed by atoms with E-state index in [-0.39, 0.29) is 43.5 Å². The molecule has 196 valence electrons. The molecular formula is C27H35ClN2O4S2. The molecule has 2 bridgehead atoms. The topological polar surface area (TPSA) is 74.8 Å². The van der Waals surface area contributed by atoms with Crippen molar-refractivity contribution in [3.63, 3.8) is 0 Å². The molecule has 6 nitrogen and oxygen atoms in total. The Hall–Kier alpha value is -1.90. The first-order valence-corrected chi connectivity index (χ1v) is 15.1. The van der Waals surface area contributed by atoms with Crippen molar-refractivity contribution in [2.24, 2.45) is 10.8 Å². The zero-order valence-electron chi connectivity index (χ0n) is 21.8. The molecule has 2 atom stereocenters. The largest absolute Gasteiger partial charge is 0.337 e. The van der Waals surface area contributed by atoms with E-state index in [4.69, 9.17) is 11.6 Å². The number of halogens is 1. The Morgan fingerprint density at radius 1 is 1.17 bits per heavy atom. The quantitative estimate of drug-likeness (QED) is 0.449. The molecule has 1 aliphatic heterocycles. The number of benzene rings is 1. The minimum Gasteiger partial charge on any atom is -0.337 e. The predicted molar refractivity (Wildman–Crippen MR) is 144 cm³/mol. The Bertz CT molecular complexity index is 1280. The lowest BCUT2D eigenvalue weighted by molar-refractivity contribution is 0.0707. The van der Waals surface area contributed by atoms with E-state index in [0.29, 0.717) is 12.1 Å². The summed E-state index contributed by atoms with van der Waals surface area (Å²) in [6, 6.07) is 7.69. The van der Waals surface area contributed by atoms with Crippen molar-refractivity contribution in [1.82, 2.24) is 9.80 Å². The number of sulfone groups is 1. The molecule has 2 heterocycles. The molecule has 36 heavy (non-hydrogen) atoms. The maximum atomic E-state index is 13.3. The number of fused-ring (bicyclic) bond motifs is 2. The molecule has 2 unspecified atom stereocenters. The van der Waals surface area contributed by atoms with E-state index in [1.807, 2.05) is 24.3 Å². The van der Waals surface area contributed by atoms with Gasteiger partial charge in [-0.25, -0.2) is 8.42 Å². The summed E-state index contributed by atoms with van der Waals surface area (Å²) in [5.41, 5.74) is 1.96. The minimum atomic E-state index is -3.57. The third-order valence-corrected chi connectivity index (χ3v) is 11.4. The van der Waals surface area contributed by atoms with Crippen LogP contribution in [0.4, 0.5) is 0 Å². The fraction of sp³-hybridized carbons (Fsp3) is 0.556. The van der Waals surface area contributed by atoms with Crippen molar-refractivity contribution >= 4 is 44.6 Å². The summed E-state index contributed by atoms with van der Waals surface area (Å²) in [6.45, 7) is 11.2. The summed E-state index contributed by atoms with van der Waals surface area (Å²) >= 11 is 7.36. The van der Waals surface area contributed by atoms with Crippen LogP contribution in [0.3, 0.4) is 0 Å². The molecule has 2 amide bonds. The Kier molecular flexibility index (Phi) is 7.12. The Morgan fingerprint density at radius 3 is 2.42 bits per heavy atom. The number of likely N-dealkylation sites (tertiary alicyclic amines) is 1. The molecule has 0 spiro atoms. The van der Waals surface area contributed by atoms with E-state index in [2.05, 4.69) is 25.7 Å². The second kappa shape index (κ2) is 9.44. The van der Waals surface area contributed by atoms with Gasteiger partial charge in [-0.15, -0.1) is 11.3 Å². The number of hydrogen-bond donors (Lipinski definition) is 0. The van der Waals surface area contributed by atoms with E-state index in [0.717, 1.165) is 42.7 Å². The Morgan fingerprint density at radius 2 is 1.81 bits per heavy atom. The van der Waals surface area contributed by atoms with Gasteiger partial charge in [0, 0.05) is 37.1 Å². The van der Waals surface area contributed by atoms with Gasteiger partial charge < -0.3 is 9.80 Å². The van der Waals surface area contributed by atoms with Crippen LogP contribution in [0, 0.1) is 10.8 Å². The molecule has 1 saturated carbocycles. The summed E-state index contributed by atoms with van der Waals surface area (Å²) in [7, 11) is -1.92. The van der Waals surface area contributed by atoms with Gasteiger partial charge in [-0.3, -0.25) is 9.59 Å². The van der Waals surface area contributed by atoms with Crippen LogP contribution in [0.15, 0.2) is 34.5 Å². The van der Waals surface area contributed by atoms with Crippen molar-refractivity contribution in [3.05, 3.63) is 50.7 Å². The third-order valence-electron chi connectivity index (χ3n) is 7.46. The monoisotopic (exact) mass is 550 g/mol. The standard InChI is InChI=1S/C27H35ClN2O4S2/c1-17(2)36(33,34)21-14-35-23(22(21)28)25(32)29(6)13-18-7-9-19(10-8-18)24(31)30-16-27(5)12-20(30)11-26(3,4)15-27/h7-10,14,17,20H,11-13,15-16H2,1-6H3. The lowest BCUT2D eigenvalue weighted by atomic mass is 9.65. The first-order chi connectivity index (χ1) is 16.6. The van der Waals surface area contributed by atoms with Gasteiger partial charge in [0.2, 0.25) is 0 Å². The summed E-state index contributed by atoms with van der Waals surface area (Å²) in [5, 5.41) is 0.800. The number of thiophene rings is 1. The minimum absolute atomic E-state index is 0.00689. The van der Waals surface area contributed by atoms with Crippen LogP contribution in [-0.2, 0) is 16.4 Å². The normalized spacial score (nSPS) is 23.2. The van der Waals surface area contributed by atoms with Gasteiger partial charge in [-0.05, 0) is 61.6 Å². The van der Waals surface area contributed by atoms with E-state index in [9.17, 15) is 18.0 Å². The smallest absolute Gasteiger partial charge is 0.265 e. The highest BCUT2D eigenvalue weighted by molar-refractivity contribution is 7.92. The average molecular weight is 551 g/mol. The fourth-order valence-corrected chi connectivity index (χ4v) is 9.13. The highest BCUT2D eigenvalue weighted by Gasteiger charge is 2.51. The van der Waals surface area contributed by atoms with Gasteiger partial charge in [-0.2, -0.15) is 0 Å². The highest BCUT2D eigenvalue weighted by Crippen LogP contribution is 2.52. The Labute approximate surface area is 223 Å². The SMILES string of the molecule is CC(C)S(=O)(=O)c1csc(C(=O)N(C)Cc2ccc(C(=O)N3CC4(C)CC3CC(C)(C)C4)cc2)c1Cl. The van der Waals surface area contributed by atoms with Gasteiger partial charge in [0.25, 0.3) is 11.8 Å². The van der Waals surface area contributed by atoms with Crippen molar-refractivity contribution < 1.29 is 18.0 Å². The third kappa shape index (κ3) is 5.09. The maximum absolute atomic E-state index is 13.3. The number of carbonyl (C=O) groups excluding carboxylic acids is 2. The fourth-order valence-electron chi connectivity index (χ4n) is 6.05. The van der Waals surface area contributed by atoms with Crippen LogP contribution >= 0.6 is 22.9 Å². The molecule has 1 aromatic carbocycles. The van der Waals surface area contributed by atoms with Gasteiger partial charge in [0.1, 0.15) is 4.88 Å². The molecule has 1 saturated heterocycles. The number of amides is 2. The number of nitrogens with zero attached hydrogens (tertiary/aromatic N) is 2. The first kappa shape index (κ1) is 27.1. The van der Waals surface area contributed by atoms with Crippen molar-refractivity contribution in [2.75, 3.05) is 13.6 Å². The van der Waals surface area contributed by atoms with Crippen LogP contribution in [0.5, 0.6) is 0 Å². The lowest BCUT2D eigenvalue weighted by Crippen LogP contribution is -2.37. The molecular weight excluding hydrogens is 516 g/mol. The number of rotatable bonds is 6. The number of carbonyl (C=O) groups is 2. The molecule has 2 aromatic rings. The van der Waals surface area contributed by atoms with Crippen LogP contribution in [0.2, 0.25) is 5.02 Å². The first-order valence-electron chi connectivity index (χ1n) is 12.3. The summed E-state index contributed by atoms with van der Waals surface area (Å²) in [6.07, 6.45) is 3.24. The second-order valence-electron chi connectivity index (χ2n) is 11.8. The molecule has 0 N–H and O–H groups in total. The predicted octanol–water partition coefficient (Wildman–Crippen LogP) is 5.90. The van der Waals surface area contributed by atoms with E-state index in [1.54, 1.807) is 20.9 Å². The van der Waals surface area contributed by atoms with Crippen LogP contribution < -0.4 is 0 Å². The highest BCUT2D eigenvalue weighted by atomic mass is 35.5. The molecule has 9 heteroatoms. The average Bonchev–Trinajstić information content (AvgIpc) is 3.28. The molecule has 1 aromatic heterocycles. The van der Waals surface area contributed by atoms with E-state index in [1.165, 1.54) is 10.3 Å². The van der Waals surface area contributed by atoms with Crippen LogP contribution in [0.25, 0.3) is 0 Å². The van der Waals surface area contributed by atoms with Gasteiger partial charge in [0.05, 0.1) is 15.2 Å². The zero-order valence-corrected chi connectivity index (χ0v) is 24.2. The van der Waals surface area contributed by atoms with E-state index >= 15 is 0 Å². The molecule has 2 fully saturated rings. The maximum Gasteiger partial charge on any atom is 0.265 e. The van der Waals surface area contributed by atoms with Crippen molar-refractivity contribution in [3.8, 4) is 0 Å². The zero-order chi connectivity index (χ0) is 26.6. The van der Waals surface area contributed by atoms with Gasteiger partial charge in [0.15, 0.2) is 9.84 Å². The summed E-state index contributed by atoms with van der Waals surface area (Å²) in [4.78, 5) is 30.1. The van der Waals surface area contributed by atoms with Crippen molar-refractivity contribution in [1.29, 1.82) is 0 Å². The summed E-state index contributed by atoms with van der Waals surface area (Å²) < 4.78 is 25.0. The van der Waals surface area contributed by atoms with Crippen molar-refractivity contribution in [2.45, 2.75) is 76.6 Å². The van der Waals surface area contributed by atoms with Gasteiger partial charge >= 0.3 is 0 Å². The van der Waals surface area contributed by atoms with Crippen LogP contribution in [-0.4, -0.2) is 54.9 Å². The van der Waals surface area contributed by atoms with Gasteiger partial charge in [-0.1, -0.05) is 44.5 Å². The molecule has 2 aliphatic rings. The van der Waals surface area contributed by atoms with Crippen LogP contribution in [0.1, 0.15) is 79.5 Å². The molecule has 1 aliphatic carbocycles. The number of hydrogen-bond acceptors (Lipinski definition) is 5. The Balaban J connectivity index is 1.44. The molecule has 4 rings (SSSR count). The lowest BCUT2D eigenvalue weighted by Gasteiger charge is -2.39. The second-order valence-corrected chi connectivity index (χ2v) is 15.6. The van der Waals surface area contributed by atoms with E-state index < -0.39 is 15.1 Å².